The molecule has 1 rings (SSSR count). The quantitative estimate of drug-likeness (QED) is 0.767. The van der Waals surface area contributed by atoms with Crippen molar-refractivity contribution >= 4 is 35.0 Å². The number of hydrogen-bond donors (Lipinski definition) is 2. The van der Waals surface area contributed by atoms with Crippen LogP contribution in [-0.2, 0) is 4.79 Å². The summed E-state index contributed by atoms with van der Waals surface area (Å²) in [6.45, 7) is 5.55. The first-order chi connectivity index (χ1) is 9.55. The number of thioether (sulfide) groups is 1. The second-order valence-corrected chi connectivity index (χ2v) is 6.46. The molecule has 1 aromatic carbocycles. The second kappa shape index (κ2) is 8.55. The zero-order valence-electron chi connectivity index (χ0n) is 12.3. The second-order valence-electron chi connectivity index (χ2n) is 4.75. The smallest absolute Gasteiger partial charge is 0.238 e. The van der Waals surface area contributed by atoms with Crippen LogP contribution in [0.5, 0.6) is 0 Å². The molecule has 0 aliphatic carbocycles. The van der Waals surface area contributed by atoms with Crippen molar-refractivity contribution in [3.8, 4) is 0 Å². The fraction of sp³-hybridized carbons (Fsp3) is 0.533. The Hall–Kier alpha value is -0.710. The summed E-state index contributed by atoms with van der Waals surface area (Å²) in [7, 11) is 0. The van der Waals surface area contributed by atoms with Crippen LogP contribution < -0.4 is 10.6 Å². The van der Waals surface area contributed by atoms with Gasteiger partial charge in [0.1, 0.15) is 0 Å². The Bertz CT molecular complexity index is 410. The van der Waals surface area contributed by atoms with Crippen LogP contribution in [0.25, 0.3) is 0 Å². The highest BCUT2D eigenvalue weighted by Crippen LogP contribution is 2.29. The van der Waals surface area contributed by atoms with Crippen LogP contribution in [0, 0.1) is 0 Å². The van der Waals surface area contributed by atoms with E-state index in [4.69, 9.17) is 11.6 Å². The largest absolute Gasteiger partial charge is 0.325 e. The third-order valence-corrected chi connectivity index (χ3v) is 5.42. The maximum absolute atomic E-state index is 11.8. The molecule has 0 saturated heterocycles. The van der Waals surface area contributed by atoms with Crippen LogP contribution in [0.3, 0.4) is 0 Å². The zero-order valence-corrected chi connectivity index (χ0v) is 13.9. The van der Waals surface area contributed by atoms with Gasteiger partial charge in [-0.3, -0.25) is 4.79 Å². The zero-order chi connectivity index (χ0) is 15.0. The van der Waals surface area contributed by atoms with E-state index in [0.717, 1.165) is 25.1 Å². The molecule has 0 aliphatic rings. The number of hydrogen-bond acceptors (Lipinski definition) is 3. The number of carbonyl (C=O) groups is 1. The van der Waals surface area contributed by atoms with E-state index in [1.165, 1.54) is 0 Å². The lowest BCUT2D eigenvalue weighted by atomic mass is 10.0. The van der Waals surface area contributed by atoms with Crippen LogP contribution in [0.2, 0.25) is 5.02 Å². The number of halogens is 1. The Morgan fingerprint density at radius 3 is 2.35 bits per heavy atom. The van der Waals surface area contributed by atoms with Gasteiger partial charge in [0, 0.05) is 22.0 Å². The van der Waals surface area contributed by atoms with Gasteiger partial charge < -0.3 is 10.6 Å². The molecular weight excluding hydrogens is 292 g/mol. The number of amides is 1. The molecule has 3 nitrogen and oxygen atoms in total. The highest BCUT2D eigenvalue weighted by molar-refractivity contribution is 8.00. The van der Waals surface area contributed by atoms with Gasteiger partial charge in [-0.25, -0.2) is 0 Å². The van der Waals surface area contributed by atoms with Crippen molar-refractivity contribution in [2.45, 2.75) is 31.4 Å². The van der Waals surface area contributed by atoms with Gasteiger partial charge in [0.2, 0.25) is 5.91 Å². The minimum Gasteiger partial charge on any atom is -0.325 e. The monoisotopic (exact) mass is 314 g/mol. The molecule has 0 aromatic heterocycles. The van der Waals surface area contributed by atoms with Gasteiger partial charge in [-0.15, -0.1) is 0 Å². The molecule has 0 aliphatic heterocycles. The third-order valence-electron chi connectivity index (χ3n) is 3.58. The highest BCUT2D eigenvalue weighted by Gasteiger charge is 2.24. The summed E-state index contributed by atoms with van der Waals surface area (Å²) in [5, 5.41) is 6.76. The molecule has 5 heteroatoms. The SMILES string of the molecule is CCC(CC)(CNCC(=O)Nc1ccc(Cl)cc1)SC. The molecule has 1 amide bonds. The average Bonchev–Trinajstić information content (AvgIpc) is 2.47. The van der Waals surface area contributed by atoms with Crippen molar-refractivity contribution in [3.05, 3.63) is 29.3 Å². The van der Waals surface area contributed by atoms with Crippen molar-refractivity contribution in [2.24, 2.45) is 0 Å². The fourth-order valence-electron chi connectivity index (χ4n) is 2.00. The normalized spacial score (nSPS) is 11.4. The minimum atomic E-state index is -0.0328. The van der Waals surface area contributed by atoms with Crippen molar-refractivity contribution in [1.82, 2.24) is 5.32 Å². The molecular formula is C15H23ClN2OS. The first-order valence-electron chi connectivity index (χ1n) is 6.86. The van der Waals surface area contributed by atoms with Gasteiger partial charge in [-0.2, -0.15) is 11.8 Å². The van der Waals surface area contributed by atoms with E-state index < -0.39 is 0 Å². The molecule has 0 radical (unpaired) electrons. The van der Waals surface area contributed by atoms with Gasteiger partial charge in [-0.1, -0.05) is 25.4 Å². The predicted molar refractivity (Wildman–Crippen MR) is 89.8 cm³/mol. The Kier molecular flexibility index (Phi) is 7.41. The van der Waals surface area contributed by atoms with E-state index in [2.05, 4.69) is 30.7 Å². The summed E-state index contributed by atoms with van der Waals surface area (Å²) < 4.78 is 0.223. The number of carbonyl (C=O) groups excluding carboxylic acids is 1. The van der Waals surface area contributed by atoms with Crippen molar-refractivity contribution < 1.29 is 4.79 Å². The Labute approximate surface area is 130 Å². The fourth-order valence-corrected chi connectivity index (χ4v) is 2.95. The molecule has 2 N–H and O–H groups in total. The Balaban J connectivity index is 2.38. The van der Waals surface area contributed by atoms with E-state index in [0.29, 0.717) is 11.6 Å². The maximum atomic E-state index is 11.8. The van der Waals surface area contributed by atoms with Gasteiger partial charge in [-0.05, 0) is 43.4 Å². The molecule has 112 valence electrons. The summed E-state index contributed by atoms with van der Waals surface area (Å²) in [6.07, 6.45) is 4.31. The van der Waals surface area contributed by atoms with Gasteiger partial charge in [0.25, 0.3) is 0 Å². The van der Waals surface area contributed by atoms with Crippen LogP contribution in [-0.4, -0.2) is 30.0 Å². The lowest BCUT2D eigenvalue weighted by molar-refractivity contribution is -0.115. The summed E-state index contributed by atoms with van der Waals surface area (Å²) in [5.41, 5.74) is 0.767. The van der Waals surface area contributed by atoms with Crippen LogP contribution >= 0.6 is 23.4 Å². The van der Waals surface area contributed by atoms with E-state index in [1.54, 1.807) is 24.3 Å². The van der Waals surface area contributed by atoms with E-state index in [1.807, 2.05) is 11.8 Å². The molecule has 0 saturated carbocycles. The summed E-state index contributed by atoms with van der Waals surface area (Å²) >= 11 is 7.67. The first kappa shape index (κ1) is 17.3. The third kappa shape index (κ3) is 5.35. The van der Waals surface area contributed by atoms with Crippen molar-refractivity contribution in [3.63, 3.8) is 0 Å². The summed E-state index contributed by atoms with van der Waals surface area (Å²) in [4.78, 5) is 11.8. The number of benzene rings is 1. The Morgan fingerprint density at radius 1 is 1.25 bits per heavy atom. The van der Waals surface area contributed by atoms with Gasteiger partial charge >= 0.3 is 0 Å². The molecule has 1 aromatic rings. The van der Waals surface area contributed by atoms with Crippen molar-refractivity contribution in [2.75, 3.05) is 24.7 Å². The van der Waals surface area contributed by atoms with Crippen molar-refractivity contribution in [1.29, 1.82) is 0 Å². The topological polar surface area (TPSA) is 41.1 Å². The average molecular weight is 315 g/mol. The number of anilines is 1. The lowest BCUT2D eigenvalue weighted by Gasteiger charge is -2.29. The lowest BCUT2D eigenvalue weighted by Crippen LogP contribution is -2.40. The van der Waals surface area contributed by atoms with E-state index in [-0.39, 0.29) is 10.7 Å². The molecule has 0 fully saturated rings. The number of rotatable bonds is 8. The standard InChI is InChI=1S/C15H23ClN2OS/c1-4-15(5-2,20-3)11-17-10-14(19)18-13-8-6-12(16)7-9-13/h6-9,17H,4-5,10-11H2,1-3H3,(H,18,19). The number of nitrogens with one attached hydrogen (secondary N) is 2. The molecule has 0 spiro atoms. The molecule has 20 heavy (non-hydrogen) atoms. The Morgan fingerprint density at radius 2 is 1.85 bits per heavy atom. The van der Waals surface area contributed by atoms with Crippen LogP contribution in [0.1, 0.15) is 26.7 Å². The predicted octanol–water partition coefficient (Wildman–Crippen LogP) is 3.79. The van der Waals surface area contributed by atoms with Gasteiger partial charge in [0.15, 0.2) is 0 Å². The van der Waals surface area contributed by atoms with Crippen LogP contribution in [0.15, 0.2) is 24.3 Å². The summed E-state index contributed by atoms with van der Waals surface area (Å²) in [5.74, 6) is -0.0328. The van der Waals surface area contributed by atoms with E-state index >= 15 is 0 Å². The highest BCUT2D eigenvalue weighted by atomic mass is 35.5. The molecule has 0 atom stereocenters. The van der Waals surface area contributed by atoms with Gasteiger partial charge in [0.05, 0.1) is 6.54 Å². The summed E-state index contributed by atoms with van der Waals surface area (Å²) in [6, 6.07) is 7.12. The minimum absolute atomic E-state index is 0.0328. The van der Waals surface area contributed by atoms with Crippen LogP contribution in [0.4, 0.5) is 5.69 Å². The first-order valence-corrected chi connectivity index (χ1v) is 8.47. The van der Waals surface area contributed by atoms with E-state index in [9.17, 15) is 4.79 Å². The maximum Gasteiger partial charge on any atom is 0.238 e. The molecule has 0 unspecified atom stereocenters. The molecule has 0 bridgehead atoms. The molecule has 0 heterocycles.